The number of rotatable bonds is 8. The van der Waals surface area contributed by atoms with Gasteiger partial charge in [0.2, 0.25) is 0 Å². The van der Waals surface area contributed by atoms with Crippen molar-refractivity contribution in [3.63, 3.8) is 0 Å². The van der Waals surface area contributed by atoms with Crippen molar-refractivity contribution in [2.75, 3.05) is 46.1 Å². The third kappa shape index (κ3) is 7.05. The molecule has 2 aliphatic rings. The van der Waals surface area contributed by atoms with Crippen molar-refractivity contribution in [1.82, 2.24) is 10.6 Å². The lowest BCUT2D eigenvalue weighted by Crippen LogP contribution is -2.41. The highest BCUT2D eigenvalue weighted by Crippen LogP contribution is 2.21. The predicted octanol–water partition coefficient (Wildman–Crippen LogP) is 2.16. The van der Waals surface area contributed by atoms with Crippen molar-refractivity contribution in [3.05, 3.63) is 24.2 Å². The van der Waals surface area contributed by atoms with Crippen LogP contribution in [-0.2, 0) is 20.6 Å². The lowest BCUT2D eigenvalue weighted by Gasteiger charge is -2.23. The minimum atomic E-state index is -0.481. The van der Waals surface area contributed by atoms with Crippen LogP contribution in [0.3, 0.4) is 0 Å². The Hall–Kier alpha value is -0.840. The maximum absolute atomic E-state index is 5.64. The summed E-state index contributed by atoms with van der Waals surface area (Å²) in [5.74, 6) is 1.82. The van der Waals surface area contributed by atoms with Crippen molar-refractivity contribution < 1.29 is 18.6 Å². The van der Waals surface area contributed by atoms with Crippen molar-refractivity contribution >= 4 is 29.9 Å². The van der Waals surface area contributed by atoms with Crippen molar-refractivity contribution in [2.45, 2.75) is 32.0 Å². The Bertz CT molecular complexity index is 527. The van der Waals surface area contributed by atoms with E-state index >= 15 is 0 Å². The Morgan fingerprint density at radius 3 is 2.73 bits per heavy atom. The van der Waals surface area contributed by atoms with E-state index in [1.54, 1.807) is 6.26 Å². The van der Waals surface area contributed by atoms with E-state index < -0.39 is 5.79 Å². The fourth-order valence-corrected chi connectivity index (χ4v) is 2.99. The number of hydrogen-bond donors (Lipinski definition) is 2. The topological polar surface area (TPSA) is 77.3 Å². The lowest BCUT2D eigenvalue weighted by atomic mass is 10.1. The van der Waals surface area contributed by atoms with Crippen LogP contribution in [0.4, 0.5) is 0 Å². The molecule has 0 aliphatic carbocycles. The molecular formula is C18H30IN3O4. The summed E-state index contributed by atoms with van der Waals surface area (Å²) in [6.07, 6.45) is 4.39. The van der Waals surface area contributed by atoms with Crippen LogP contribution in [0.15, 0.2) is 27.8 Å². The van der Waals surface area contributed by atoms with E-state index in [2.05, 4.69) is 10.6 Å². The smallest absolute Gasteiger partial charge is 0.191 e. The standard InChI is InChI=1S/C18H29N3O4.HI/c1-18(24-11-12-25-18)6-8-20-17(21-13-15-5-10-22-14-15)19-7-4-16-3-2-9-23-16;/h2-3,9,15H,4-8,10-14H2,1H3,(H2,19,20,21);1H. The second-order valence-corrected chi connectivity index (χ2v) is 6.68. The minimum absolute atomic E-state index is 0. The van der Waals surface area contributed by atoms with E-state index in [4.69, 9.17) is 23.6 Å². The number of aliphatic imine (C=N–C) groups is 1. The van der Waals surface area contributed by atoms with E-state index in [1.807, 2.05) is 19.1 Å². The fraction of sp³-hybridized carbons (Fsp3) is 0.722. The number of furan rings is 1. The van der Waals surface area contributed by atoms with E-state index in [-0.39, 0.29) is 24.0 Å². The number of hydrogen-bond acceptors (Lipinski definition) is 5. The summed E-state index contributed by atoms with van der Waals surface area (Å²) in [5.41, 5.74) is 0. The summed E-state index contributed by atoms with van der Waals surface area (Å²) >= 11 is 0. The first-order valence-electron chi connectivity index (χ1n) is 9.14. The van der Waals surface area contributed by atoms with Crippen LogP contribution in [0.5, 0.6) is 0 Å². The van der Waals surface area contributed by atoms with Gasteiger partial charge in [0.05, 0.1) is 26.1 Å². The minimum Gasteiger partial charge on any atom is -0.469 e. The zero-order chi connectivity index (χ0) is 17.4. The average molecular weight is 479 g/mol. The molecule has 1 unspecified atom stereocenters. The Labute approximate surface area is 172 Å². The van der Waals surface area contributed by atoms with Gasteiger partial charge in [-0.05, 0) is 25.5 Å². The van der Waals surface area contributed by atoms with E-state index in [1.165, 1.54) is 0 Å². The number of nitrogens with zero attached hydrogens (tertiary/aromatic N) is 1. The first-order valence-corrected chi connectivity index (χ1v) is 9.14. The van der Waals surface area contributed by atoms with Crippen LogP contribution in [0.25, 0.3) is 0 Å². The van der Waals surface area contributed by atoms with Crippen LogP contribution in [-0.4, -0.2) is 57.8 Å². The third-order valence-corrected chi connectivity index (χ3v) is 4.55. The fourth-order valence-electron chi connectivity index (χ4n) is 2.99. The van der Waals surface area contributed by atoms with Gasteiger partial charge in [-0.15, -0.1) is 24.0 Å². The molecule has 2 fully saturated rings. The average Bonchev–Trinajstić information content (AvgIpc) is 3.35. The first-order chi connectivity index (χ1) is 12.2. The Kier molecular flexibility index (Phi) is 9.17. The number of nitrogens with one attached hydrogen (secondary N) is 2. The molecule has 26 heavy (non-hydrogen) atoms. The quantitative estimate of drug-likeness (QED) is 0.338. The van der Waals surface area contributed by atoms with E-state index in [0.717, 1.165) is 63.8 Å². The van der Waals surface area contributed by atoms with Crippen molar-refractivity contribution in [1.29, 1.82) is 0 Å². The molecule has 0 amide bonds. The molecule has 8 heteroatoms. The molecule has 7 nitrogen and oxygen atoms in total. The summed E-state index contributed by atoms with van der Waals surface area (Å²) in [7, 11) is 0. The molecule has 3 heterocycles. The molecule has 1 atom stereocenters. The van der Waals surface area contributed by atoms with Gasteiger partial charge in [0.1, 0.15) is 5.76 Å². The molecule has 1 aromatic rings. The van der Waals surface area contributed by atoms with Crippen LogP contribution in [0.2, 0.25) is 0 Å². The highest BCUT2D eigenvalue weighted by atomic mass is 127. The zero-order valence-corrected chi connectivity index (χ0v) is 17.7. The summed E-state index contributed by atoms with van der Waals surface area (Å²) < 4.78 is 22.1. The molecule has 3 rings (SSSR count). The molecule has 0 spiro atoms. The second kappa shape index (κ2) is 11.1. The van der Waals surface area contributed by atoms with Gasteiger partial charge < -0.3 is 29.3 Å². The highest BCUT2D eigenvalue weighted by Gasteiger charge is 2.30. The normalized spacial score (nSPS) is 22.2. The number of halogens is 1. The molecule has 2 saturated heterocycles. The van der Waals surface area contributed by atoms with Crippen LogP contribution in [0, 0.1) is 5.92 Å². The Morgan fingerprint density at radius 2 is 2.04 bits per heavy atom. The first kappa shape index (κ1) is 21.5. The van der Waals surface area contributed by atoms with Crippen LogP contribution < -0.4 is 10.6 Å². The summed E-state index contributed by atoms with van der Waals surface area (Å²) in [4.78, 5) is 4.71. The van der Waals surface area contributed by atoms with Crippen LogP contribution >= 0.6 is 24.0 Å². The second-order valence-electron chi connectivity index (χ2n) is 6.68. The molecule has 2 aliphatic heterocycles. The number of guanidine groups is 1. The molecule has 1 aromatic heterocycles. The highest BCUT2D eigenvalue weighted by molar-refractivity contribution is 14.0. The predicted molar refractivity (Wildman–Crippen MR) is 110 cm³/mol. The van der Waals surface area contributed by atoms with Gasteiger partial charge in [-0.3, -0.25) is 4.99 Å². The van der Waals surface area contributed by atoms with Crippen molar-refractivity contribution in [2.24, 2.45) is 10.9 Å². The van der Waals surface area contributed by atoms with Crippen LogP contribution in [0.1, 0.15) is 25.5 Å². The molecular weight excluding hydrogens is 449 g/mol. The molecule has 0 aromatic carbocycles. The van der Waals surface area contributed by atoms with Gasteiger partial charge in [-0.2, -0.15) is 0 Å². The lowest BCUT2D eigenvalue weighted by molar-refractivity contribution is -0.145. The van der Waals surface area contributed by atoms with Gasteiger partial charge in [-0.25, -0.2) is 0 Å². The largest absolute Gasteiger partial charge is 0.469 e. The molecule has 0 saturated carbocycles. The van der Waals surface area contributed by atoms with E-state index in [9.17, 15) is 0 Å². The monoisotopic (exact) mass is 479 g/mol. The Balaban J connectivity index is 0.00000243. The summed E-state index contributed by atoms with van der Waals surface area (Å²) in [6, 6.07) is 3.89. The van der Waals surface area contributed by atoms with Gasteiger partial charge >= 0.3 is 0 Å². The SMILES string of the molecule is CC1(CCNC(=NCC2CCOC2)NCCc2ccco2)OCCO1.I. The third-order valence-electron chi connectivity index (χ3n) is 4.55. The molecule has 0 radical (unpaired) electrons. The Morgan fingerprint density at radius 1 is 1.23 bits per heavy atom. The molecule has 148 valence electrons. The van der Waals surface area contributed by atoms with Gasteiger partial charge in [0, 0.05) is 45.0 Å². The maximum Gasteiger partial charge on any atom is 0.191 e. The maximum atomic E-state index is 5.64. The molecule has 2 N–H and O–H groups in total. The number of ether oxygens (including phenoxy) is 3. The van der Waals surface area contributed by atoms with Gasteiger partial charge in [-0.1, -0.05) is 0 Å². The van der Waals surface area contributed by atoms with Crippen molar-refractivity contribution in [3.8, 4) is 0 Å². The summed E-state index contributed by atoms with van der Waals surface area (Å²) in [6.45, 7) is 7.26. The van der Waals surface area contributed by atoms with Gasteiger partial charge in [0.15, 0.2) is 11.7 Å². The van der Waals surface area contributed by atoms with Gasteiger partial charge in [0.25, 0.3) is 0 Å². The van der Waals surface area contributed by atoms with E-state index in [0.29, 0.717) is 19.1 Å². The summed E-state index contributed by atoms with van der Waals surface area (Å²) in [5, 5.41) is 6.76. The molecule has 0 bridgehead atoms. The zero-order valence-electron chi connectivity index (χ0n) is 15.4.